The largest absolute Gasteiger partial charge is 0.497 e. The monoisotopic (exact) mass is 303 g/mol. The summed E-state index contributed by atoms with van der Waals surface area (Å²) in [6.07, 6.45) is 0.738. The van der Waals surface area contributed by atoms with Gasteiger partial charge in [0.2, 0.25) is 5.91 Å². The molecule has 1 aliphatic rings. The van der Waals surface area contributed by atoms with Crippen LogP contribution in [-0.4, -0.2) is 48.1 Å². The molecule has 2 rings (SSSR count). The summed E-state index contributed by atoms with van der Waals surface area (Å²) in [5.41, 5.74) is 1.42. The first-order valence-electron chi connectivity index (χ1n) is 7.31. The molecule has 0 atom stereocenters. The smallest absolute Gasteiger partial charge is 0.270 e. The van der Waals surface area contributed by atoms with Gasteiger partial charge in [-0.3, -0.25) is 9.59 Å². The van der Waals surface area contributed by atoms with Crippen LogP contribution in [0.25, 0.3) is 0 Å². The van der Waals surface area contributed by atoms with E-state index in [0.717, 1.165) is 11.3 Å². The molecule has 0 bridgehead atoms. The molecule has 118 valence electrons. The molecule has 1 aromatic carbocycles. The van der Waals surface area contributed by atoms with Gasteiger partial charge in [0.25, 0.3) is 5.91 Å². The lowest BCUT2D eigenvalue weighted by Crippen LogP contribution is -2.39. The molecule has 0 spiro atoms. The van der Waals surface area contributed by atoms with Gasteiger partial charge in [0.05, 0.1) is 7.11 Å². The first-order chi connectivity index (χ1) is 10.5. The van der Waals surface area contributed by atoms with Crippen molar-refractivity contribution in [1.82, 2.24) is 9.91 Å². The van der Waals surface area contributed by atoms with Crippen LogP contribution in [-0.2, 0) is 16.1 Å². The first-order valence-corrected chi connectivity index (χ1v) is 7.31. The fraction of sp³-hybridized carbons (Fsp3) is 0.438. The van der Waals surface area contributed by atoms with E-state index in [2.05, 4.69) is 5.10 Å². The maximum absolute atomic E-state index is 12.5. The van der Waals surface area contributed by atoms with Crippen molar-refractivity contribution in [1.29, 1.82) is 0 Å². The summed E-state index contributed by atoms with van der Waals surface area (Å²) < 4.78 is 5.18. The van der Waals surface area contributed by atoms with Gasteiger partial charge >= 0.3 is 0 Å². The molecule has 2 amide bonds. The van der Waals surface area contributed by atoms with Crippen LogP contribution in [0.1, 0.15) is 25.3 Å². The van der Waals surface area contributed by atoms with E-state index in [1.807, 2.05) is 31.2 Å². The van der Waals surface area contributed by atoms with Crippen molar-refractivity contribution in [3.05, 3.63) is 29.8 Å². The van der Waals surface area contributed by atoms with Crippen LogP contribution in [0.5, 0.6) is 5.75 Å². The second-order valence-corrected chi connectivity index (χ2v) is 5.17. The Balaban J connectivity index is 2.07. The van der Waals surface area contributed by atoms with Crippen LogP contribution in [0, 0.1) is 0 Å². The van der Waals surface area contributed by atoms with Crippen molar-refractivity contribution in [2.75, 3.05) is 20.7 Å². The molecular weight excluding hydrogens is 282 g/mol. The Morgan fingerprint density at radius 3 is 2.86 bits per heavy atom. The molecule has 0 saturated carbocycles. The summed E-state index contributed by atoms with van der Waals surface area (Å²) in [7, 11) is 3.35. The lowest BCUT2D eigenvalue weighted by molar-refractivity contribution is -0.131. The summed E-state index contributed by atoms with van der Waals surface area (Å²) >= 11 is 0. The van der Waals surface area contributed by atoms with E-state index in [1.54, 1.807) is 19.1 Å². The van der Waals surface area contributed by atoms with Crippen molar-refractivity contribution < 1.29 is 14.3 Å². The molecule has 1 aliphatic heterocycles. The molecule has 0 radical (unpaired) electrons. The van der Waals surface area contributed by atoms with E-state index in [-0.39, 0.29) is 11.8 Å². The Kier molecular flexibility index (Phi) is 5.14. The van der Waals surface area contributed by atoms with E-state index >= 15 is 0 Å². The minimum atomic E-state index is -0.145. The Bertz CT molecular complexity index is 598. The molecule has 6 nitrogen and oxygen atoms in total. The van der Waals surface area contributed by atoms with Crippen LogP contribution in [0.2, 0.25) is 0 Å². The SMILES string of the molecule is CCN1N=C(C(=O)N(C)Cc2cccc(OC)c2)CCC1=O. The van der Waals surface area contributed by atoms with Crippen LogP contribution in [0.15, 0.2) is 29.4 Å². The summed E-state index contributed by atoms with van der Waals surface area (Å²) in [6.45, 7) is 2.79. The third-order valence-electron chi connectivity index (χ3n) is 3.55. The van der Waals surface area contributed by atoms with Crippen molar-refractivity contribution in [3.8, 4) is 5.75 Å². The normalized spacial score (nSPS) is 14.6. The van der Waals surface area contributed by atoms with Gasteiger partial charge in [0.1, 0.15) is 11.5 Å². The lowest BCUT2D eigenvalue weighted by Gasteiger charge is -2.24. The standard InChI is InChI=1S/C16H21N3O3/c1-4-19-15(20)9-8-14(17-19)16(21)18(2)11-12-6-5-7-13(10-12)22-3/h5-7,10H,4,8-9,11H2,1-3H3. The van der Waals surface area contributed by atoms with Gasteiger partial charge in [-0.1, -0.05) is 12.1 Å². The zero-order valence-corrected chi connectivity index (χ0v) is 13.2. The molecule has 0 aliphatic carbocycles. The zero-order valence-electron chi connectivity index (χ0n) is 13.2. The number of hydrogen-bond acceptors (Lipinski definition) is 4. The number of amides is 2. The number of ether oxygens (including phenoxy) is 1. The summed E-state index contributed by atoms with van der Waals surface area (Å²) in [5, 5.41) is 5.52. The van der Waals surface area contributed by atoms with Crippen molar-refractivity contribution in [3.63, 3.8) is 0 Å². The fourth-order valence-corrected chi connectivity index (χ4v) is 2.34. The quantitative estimate of drug-likeness (QED) is 0.831. The first kappa shape index (κ1) is 16.0. The van der Waals surface area contributed by atoms with E-state index < -0.39 is 0 Å². The third kappa shape index (κ3) is 3.63. The number of hydrazone groups is 1. The maximum atomic E-state index is 12.5. The Hall–Kier alpha value is -2.37. The number of carbonyl (C=O) groups is 2. The molecule has 1 heterocycles. The van der Waals surface area contributed by atoms with Crippen molar-refractivity contribution >= 4 is 17.5 Å². The van der Waals surface area contributed by atoms with E-state index in [0.29, 0.717) is 31.6 Å². The average Bonchev–Trinajstić information content (AvgIpc) is 2.54. The number of methoxy groups -OCH3 is 1. The molecule has 0 N–H and O–H groups in total. The van der Waals surface area contributed by atoms with Crippen molar-refractivity contribution in [2.45, 2.75) is 26.3 Å². The molecule has 6 heteroatoms. The Morgan fingerprint density at radius 1 is 1.41 bits per heavy atom. The summed E-state index contributed by atoms with van der Waals surface area (Å²) in [5.74, 6) is 0.583. The van der Waals surface area contributed by atoms with E-state index in [9.17, 15) is 9.59 Å². The lowest BCUT2D eigenvalue weighted by atomic mass is 10.1. The minimum Gasteiger partial charge on any atom is -0.497 e. The zero-order chi connectivity index (χ0) is 16.1. The summed E-state index contributed by atoms with van der Waals surface area (Å²) in [6, 6.07) is 7.59. The maximum Gasteiger partial charge on any atom is 0.270 e. The van der Waals surface area contributed by atoms with Gasteiger partial charge < -0.3 is 9.64 Å². The number of carbonyl (C=O) groups excluding carboxylic acids is 2. The topological polar surface area (TPSA) is 62.2 Å². The second-order valence-electron chi connectivity index (χ2n) is 5.17. The fourth-order valence-electron chi connectivity index (χ4n) is 2.34. The van der Waals surface area contributed by atoms with Gasteiger partial charge in [-0.25, -0.2) is 5.01 Å². The number of nitrogens with zero attached hydrogens (tertiary/aromatic N) is 3. The Labute approximate surface area is 130 Å². The van der Waals surface area contributed by atoms with Gasteiger partial charge in [-0.2, -0.15) is 5.10 Å². The predicted molar refractivity (Wildman–Crippen MR) is 83.5 cm³/mol. The molecule has 1 aromatic rings. The van der Waals surface area contributed by atoms with Crippen LogP contribution in [0.3, 0.4) is 0 Å². The molecule has 0 fully saturated rings. The van der Waals surface area contributed by atoms with Crippen molar-refractivity contribution in [2.24, 2.45) is 5.10 Å². The number of hydrogen-bond donors (Lipinski definition) is 0. The van der Waals surface area contributed by atoms with Crippen LogP contribution >= 0.6 is 0 Å². The highest BCUT2D eigenvalue weighted by atomic mass is 16.5. The highest BCUT2D eigenvalue weighted by Gasteiger charge is 2.25. The van der Waals surface area contributed by atoms with Gasteiger partial charge in [-0.15, -0.1) is 0 Å². The minimum absolute atomic E-state index is 0.0329. The average molecular weight is 303 g/mol. The molecule has 0 aromatic heterocycles. The van der Waals surface area contributed by atoms with Gasteiger partial charge in [0.15, 0.2) is 0 Å². The van der Waals surface area contributed by atoms with Gasteiger partial charge in [0, 0.05) is 33.0 Å². The highest BCUT2D eigenvalue weighted by molar-refractivity contribution is 6.39. The highest BCUT2D eigenvalue weighted by Crippen LogP contribution is 2.15. The van der Waals surface area contributed by atoms with E-state index in [1.165, 1.54) is 5.01 Å². The number of rotatable bonds is 5. The number of benzene rings is 1. The Morgan fingerprint density at radius 2 is 2.18 bits per heavy atom. The third-order valence-corrected chi connectivity index (χ3v) is 3.55. The van der Waals surface area contributed by atoms with Gasteiger partial charge in [-0.05, 0) is 24.6 Å². The molecule has 0 saturated heterocycles. The molecule has 22 heavy (non-hydrogen) atoms. The summed E-state index contributed by atoms with van der Waals surface area (Å²) in [4.78, 5) is 25.7. The predicted octanol–water partition coefficient (Wildman–Crippen LogP) is 1.65. The van der Waals surface area contributed by atoms with Crippen LogP contribution < -0.4 is 4.74 Å². The molecular formula is C16H21N3O3. The van der Waals surface area contributed by atoms with Crippen LogP contribution in [0.4, 0.5) is 0 Å². The van der Waals surface area contributed by atoms with E-state index in [4.69, 9.17) is 4.74 Å². The second kappa shape index (κ2) is 7.06. The molecule has 0 unspecified atom stereocenters.